The minimum atomic E-state index is -0.484. The number of nitro benzene ring substituents is 1. The van der Waals surface area contributed by atoms with Crippen LogP contribution in [0.5, 0.6) is 0 Å². The second kappa shape index (κ2) is 7.95. The molecule has 0 fully saturated rings. The predicted octanol–water partition coefficient (Wildman–Crippen LogP) is 2.57. The highest BCUT2D eigenvalue weighted by Crippen LogP contribution is 2.22. The van der Waals surface area contributed by atoms with Gasteiger partial charge in [0.1, 0.15) is 0 Å². The molecular formula is C14H22ClN3O3. The summed E-state index contributed by atoms with van der Waals surface area (Å²) in [6, 6.07) is 4.49. The lowest BCUT2D eigenvalue weighted by Gasteiger charge is -2.31. The van der Waals surface area contributed by atoms with Gasteiger partial charge in [0.2, 0.25) is 0 Å². The molecule has 1 rings (SSSR count). The molecule has 0 aromatic heterocycles. The number of carbonyl (C=O) groups excluding carboxylic acids is 1. The zero-order chi connectivity index (χ0) is 15.3. The zero-order valence-electron chi connectivity index (χ0n) is 12.5. The molecule has 3 N–H and O–H groups in total. The molecule has 118 valence electrons. The van der Waals surface area contributed by atoms with Gasteiger partial charge in [-0.2, -0.15) is 0 Å². The summed E-state index contributed by atoms with van der Waals surface area (Å²) in [5.41, 5.74) is 5.92. The van der Waals surface area contributed by atoms with Gasteiger partial charge in [0, 0.05) is 23.7 Å². The fraction of sp³-hybridized carbons (Fsp3) is 0.500. The van der Waals surface area contributed by atoms with Crippen molar-refractivity contribution in [2.24, 2.45) is 5.73 Å². The number of amides is 1. The van der Waals surface area contributed by atoms with Gasteiger partial charge in [-0.15, -0.1) is 12.4 Å². The summed E-state index contributed by atoms with van der Waals surface area (Å²) >= 11 is 0. The van der Waals surface area contributed by atoms with E-state index in [9.17, 15) is 14.9 Å². The molecule has 0 saturated heterocycles. The third-order valence-corrected chi connectivity index (χ3v) is 3.87. The van der Waals surface area contributed by atoms with Gasteiger partial charge in [-0.3, -0.25) is 14.9 Å². The zero-order valence-corrected chi connectivity index (χ0v) is 13.3. The Hall–Kier alpha value is -1.66. The van der Waals surface area contributed by atoms with Crippen molar-refractivity contribution in [3.8, 4) is 0 Å². The van der Waals surface area contributed by atoms with E-state index in [1.54, 1.807) is 13.0 Å². The first kappa shape index (κ1) is 19.3. The molecule has 7 heteroatoms. The average Bonchev–Trinajstić information content (AvgIpc) is 2.44. The van der Waals surface area contributed by atoms with Crippen LogP contribution in [0.15, 0.2) is 18.2 Å². The Morgan fingerprint density at radius 2 is 1.95 bits per heavy atom. The van der Waals surface area contributed by atoms with Crippen molar-refractivity contribution < 1.29 is 9.72 Å². The lowest BCUT2D eigenvalue weighted by molar-refractivity contribution is -0.385. The highest BCUT2D eigenvalue weighted by Gasteiger charge is 2.28. The van der Waals surface area contributed by atoms with E-state index in [0.29, 0.717) is 30.5 Å². The van der Waals surface area contributed by atoms with Gasteiger partial charge in [-0.25, -0.2) is 0 Å². The number of halogens is 1. The van der Waals surface area contributed by atoms with Crippen LogP contribution >= 0.6 is 12.4 Å². The van der Waals surface area contributed by atoms with Gasteiger partial charge in [0.15, 0.2) is 0 Å². The number of nitrogens with zero attached hydrogens (tertiary/aromatic N) is 1. The van der Waals surface area contributed by atoms with Crippen LogP contribution in [0.2, 0.25) is 0 Å². The van der Waals surface area contributed by atoms with Crippen molar-refractivity contribution in [1.29, 1.82) is 0 Å². The fourth-order valence-electron chi connectivity index (χ4n) is 2.14. The average molecular weight is 316 g/mol. The highest BCUT2D eigenvalue weighted by molar-refractivity contribution is 5.97. The summed E-state index contributed by atoms with van der Waals surface area (Å²) in [6.07, 6.45) is 1.42. The van der Waals surface area contributed by atoms with E-state index in [4.69, 9.17) is 5.73 Å². The maximum Gasteiger partial charge on any atom is 0.273 e. The fourth-order valence-corrected chi connectivity index (χ4v) is 2.14. The normalized spacial score (nSPS) is 10.7. The lowest BCUT2D eigenvalue weighted by atomic mass is 9.92. The molecule has 0 spiro atoms. The molecular weight excluding hydrogens is 294 g/mol. The Morgan fingerprint density at radius 3 is 2.38 bits per heavy atom. The van der Waals surface area contributed by atoms with Crippen molar-refractivity contribution in [2.45, 2.75) is 39.2 Å². The summed E-state index contributed by atoms with van der Waals surface area (Å²) in [4.78, 5) is 22.8. The van der Waals surface area contributed by atoms with Crippen LogP contribution in [0.1, 0.15) is 42.6 Å². The number of nitrogens with one attached hydrogen (secondary N) is 1. The Bertz CT molecular complexity index is 508. The molecule has 0 aliphatic rings. The molecule has 0 radical (unpaired) electrons. The van der Waals surface area contributed by atoms with Gasteiger partial charge in [-0.1, -0.05) is 19.9 Å². The highest BCUT2D eigenvalue weighted by atomic mass is 35.5. The molecule has 0 heterocycles. The van der Waals surface area contributed by atoms with Crippen LogP contribution in [0.3, 0.4) is 0 Å². The number of hydrogen-bond acceptors (Lipinski definition) is 4. The number of carbonyl (C=O) groups is 1. The number of hydrogen-bond donors (Lipinski definition) is 2. The van der Waals surface area contributed by atoms with E-state index < -0.39 is 10.5 Å². The van der Waals surface area contributed by atoms with Crippen molar-refractivity contribution in [3.63, 3.8) is 0 Å². The standard InChI is InChI=1S/C14H21N3O3.ClH/c1-4-14(5-2,9-15)16-13(18)11-7-6-8-12(10(11)3)17(19)20;/h6-8H,4-5,9,15H2,1-3H3,(H,16,18);1H. The van der Waals surface area contributed by atoms with Crippen molar-refractivity contribution in [1.82, 2.24) is 5.32 Å². The smallest absolute Gasteiger partial charge is 0.273 e. The van der Waals surface area contributed by atoms with E-state index >= 15 is 0 Å². The number of benzene rings is 1. The van der Waals surface area contributed by atoms with E-state index in [0.717, 1.165) is 0 Å². The summed E-state index contributed by atoms with van der Waals surface area (Å²) in [6.45, 7) is 5.82. The largest absolute Gasteiger partial charge is 0.345 e. The van der Waals surface area contributed by atoms with Crippen LogP contribution in [0, 0.1) is 17.0 Å². The SMILES string of the molecule is CCC(CC)(CN)NC(=O)c1cccc([N+](=O)[O-])c1C.Cl. The van der Waals surface area contributed by atoms with Crippen molar-refractivity contribution in [3.05, 3.63) is 39.4 Å². The number of rotatable bonds is 6. The van der Waals surface area contributed by atoms with E-state index in [2.05, 4.69) is 5.32 Å². The molecule has 0 aliphatic heterocycles. The maximum atomic E-state index is 12.3. The van der Waals surface area contributed by atoms with Crippen LogP contribution < -0.4 is 11.1 Å². The number of nitro groups is 1. The Labute approximate surface area is 130 Å². The first-order valence-corrected chi connectivity index (χ1v) is 6.67. The minimum Gasteiger partial charge on any atom is -0.345 e. The summed E-state index contributed by atoms with van der Waals surface area (Å²) in [7, 11) is 0. The topological polar surface area (TPSA) is 98.3 Å². The molecule has 6 nitrogen and oxygen atoms in total. The van der Waals surface area contributed by atoms with Crippen molar-refractivity contribution >= 4 is 24.0 Å². The first-order chi connectivity index (χ1) is 9.40. The number of nitrogens with two attached hydrogens (primary N) is 1. The summed E-state index contributed by atoms with van der Waals surface area (Å²) in [5, 5.41) is 13.8. The lowest BCUT2D eigenvalue weighted by Crippen LogP contribution is -2.53. The molecule has 1 amide bonds. The molecule has 21 heavy (non-hydrogen) atoms. The second-order valence-electron chi connectivity index (χ2n) is 4.85. The molecule has 1 aromatic carbocycles. The van der Waals surface area contributed by atoms with Gasteiger partial charge in [-0.05, 0) is 25.8 Å². The monoisotopic (exact) mass is 315 g/mol. The third kappa shape index (κ3) is 4.15. The van der Waals surface area contributed by atoms with Crippen LogP contribution in [0.4, 0.5) is 5.69 Å². The second-order valence-corrected chi connectivity index (χ2v) is 4.85. The Kier molecular flexibility index (Phi) is 7.32. The third-order valence-electron chi connectivity index (χ3n) is 3.87. The first-order valence-electron chi connectivity index (χ1n) is 6.67. The minimum absolute atomic E-state index is 0. The summed E-state index contributed by atoms with van der Waals surface area (Å²) in [5.74, 6) is -0.319. The summed E-state index contributed by atoms with van der Waals surface area (Å²) < 4.78 is 0. The molecule has 0 unspecified atom stereocenters. The Balaban J connectivity index is 0.00000400. The Morgan fingerprint density at radius 1 is 1.38 bits per heavy atom. The molecule has 0 saturated carbocycles. The quantitative estimate of drug-likeness (QED) is 0.622. The van der Waals surface area contributed by atoms with Crippen LogP contribution in [0.25, 0.3) is 0 Å². The van der Waals surface area contributed by atoms with Gasteiger partial charge in [0.25, 0.3) is 11.6 Å². The molecule has 1 aromatic rings. The molecule has 0 atom stereocenters. The molecule has 0 aliphatic carbocycles. The van der Waals surface area contributed by atoms with Crippen LogP contribution in [-0.4, -0.2) is 22.9 Å². The predicted molar refractivity (Wildman–Crippen MR) is 84.9 cm³/mol. The molecule has 0 bridgehead atoms. The van der Waals surface area contributed by atoms with Crippen LogP contribution in [-0.2, 0) is 0 Å². The van der Waals surface area contributed by atoms with E-state index in [-0.39, 0.29) is 24.0 Å². The van der Waals surface area contributed by atoms with Crippen molar-refractivity contribution in [2.75, 3.05) is 6.54 Å². The van der Waals surface area contributed by atoms with E-state index in [1.165, 1.54) is 12.1 Å². The van der Waals surface area contributed by atoms with Gasteiger partial charge >= 0.3 is 0 Å². The van der Waals surface area contributed by atoms with Gasteiger partial charge < -0.3 is 11.1 Å². The maximum absolute atomic E-state index is 12.3. The van der Waals surface area contributed by atoms with E-state index in [1.807, 2.05) is 13.8 Å². The van der Waals surface area contributed by atoms with Gasteiger partial charge in [0.05, 0.1) is 10.5 Å².